The molecule has 0 radical (unpaired) electrons. The Morgan fingerprint density at radius 1 is 1.21 bits per heavy atom. The molecule has 4 nitrogen and oxygen atoms in total. The summed E-state index contributed by atoms with van der Waals surface area (Å²) in [5, 5.41) is 0.867. The molecule has 29 heavy (non-hydrogen) atoms. The maximum Gasteiger partial charge on any atom is 0.200 e. The Morgan fingerprint density at radius 3 is 2.45 bits per heavy atom. The quantitative estimate of drug-likeness (QED) is 0.515. The van der Waals surface area contributed by atoms with E-state index in [2.05, 4.69) is 13.8 Å². The zero-order valence-electron chi connectivity index (χ0n) is 17.0. The molecule has 2 aromatic carbocycles. The number of anilines is 1. The van der Waals surface area contributed by atoms with Gasteiger partial charge in [0.1, 0.15) is 5.82 Å². The second kappa shape index (κ2) is 8.37. The smallest absolute Gasteiger partial charge is 0.200 e. The number of nitrogens with zero attached hydrogens (tertiary/aromatic N) is 2. The highest BCUT2D eigenvalue weighted by Gasteiger charge is 2.17. The van der Waals surface area contributed by atoms with Gasteiger partial charge in [-0.1, -0.05) is 37.6 Å². The molecule has 0 saturated heterocycles. The van der Waals surface area contributed by atoms with E-state index in [-0.39, 0.29) is 16.7 Å². The van der Waals surface area contributed by atoms with E-state index in [0.717, 1.165) is 5.56 Å². The highest BCUT2D eigenvalue weighted by atomic mass is 35.5. The van der Waals surface area contributed by atoms with Crippen molar-refractivity contribution in [3.8, 4) is 0 Å². The lowest BCUT2D eigenvalue weighted by molar-refractivity contribution is 0.101. The number of benzene rings is 2. The van der Waals surface area contributed by atoms with Gasteiger partial charge in [-0.2, -0.15) is 0 Å². The van der Waals surface area contributed by atoms with Crippen LogP contribution in [0.15, 0.2) is 47.4 Å². The summed E-state index contributed by atoms with van der Waals surface area (Å²) in [6.45, 7) is 6.55. The largest absolute Gasteiger partial charge is 0.368 e. The molecule has 0 unspecified atom stereocenters. The van der Waals surface area contributed by atoms with Gasteiger partial charge < -0.3 is 9.47 Å². The van der Waals surface area contributed by atoms with Gasteiger partial charge in [0.25, 0.3) is 0 Å². The highest BCUT2D eigenvalue weighted by molar-refractivity contribution is 6.30. The fraction of sp³-hybridized carbons (Fsp3) is 0.304. The average Bonchev–Trinajstić information content (AvgIpc) is 2.65. The molecule has 0 fully saturated rings. The van der Waals surface area contributed by atoms with E-state index >= 15 is 0 Å². The number of hydrogen-bond donors (Lipinski definition) is 0. The Kier molecular flexibility index (Phi) is 6.08. The number of hydrogen-bond acceptors (Lipinski definition) is 3. The lowest BCUT2D eigenvalue weighted by Crippen LogP contribution is -2.21. The number of pyridine rings is 1. The summed E-state index contributed by atoms with van der Waals surface area (Å²) < 4.78 is 16.8. The molecule has 0 saturated carbocycles. The van der Waals surface area contributed by atoms with Gasteiger partial charge in [0, 0.05) is 36.7 Å². The number of rotatable bonds is 6. The Hall–Kier alpha value is -2.66. The minimum Gasteiger partial charge on any atom is -0.368 e. The maximum atomic E-state index is 14.9. The van der Waals surface area contributed by atoms with Crippen molar-refractivity contribution in [2.75, 3.05) is 11.9 Å². The lowest BCUT2D eigenvalue weighted by atomic mass is 10.1. The molecule has 1 heterocycles. The van der Waals surface area contributed by atoms with Crippen LogP contribution in [0.1, 0.15) is 36.7 Å². The van der Waals surface area contributed by atoms with Crippen LogP contribution in [0, 0.1) is 11.7 Å². The molecule has 0 spiro atoms. The Labute approximate surface area is 174 Å². The fourth-order valence-corrected chi connectivity index (χ4v) is 3.56. The molecule has 3 rings (SSSR count). The van der Waals surface area contributed by atoms with Gasteiger partial charge in [0.15, 0.2) is 11.2 Å². The standard InChI is InChI=1S/C23H24ClFN2O2/c1-14(2)11-27-13-19(15(3)28)23(29)18-9-20(25)22(10-21(18)27)26(4)12-16-5-7-17(24)8-6-16/h5-10,13-14H,11-12H2,1-4H3. The van der Waals surface area contributed by atoms with Crippen molar-refractivity contribution in [1.29, 1.82) is 0 Å². The molecule has 3 aromatic rings. The van der Waals surface area contributed by atoms with E-state index in [4.69, 9.17) is 11.6 Å². The van der Waals surface area contributed by atoms with Crippen molar-refractivity contribution in [2.24, 2.45) is 5.92 Å². The molecule has 0 amide bonds. The topological polar surface area (TPSA) is 42.3 Å². The molecule has 1 aromatic heterocycles. The van der Waals surface area contributed by atoms with Gasteiger partial charge in [-0.15, -0.1) is 0 Å². The molecule has 0 bridgehead atoms. The number of carbonyl (C=O) groups is 1. The number of Topliss-reactive ketones (excluding diaryl/α,β-unsaturated/α-hetero) is 1. The summed E-state index contributed by atoms with van der Waals surface area (Å²) in [5.41, 5.74) is 1.65. The first-order valence-electron chi connectivity index (χ1n) is 9.50. The number of aromatic nitrogens is 1. The SMILES string of the molecule is CC(=O)c1cn(CC(C)C)c2cc(N(C)Cc3ccc(Cl)cc3)c(F)cc2c1=O. The second-order valence-electron chi connectivity index (χ2n) is 7.78. The van der Waals surface area contributed by atoms with Crippen LogP contribution in [0.3, 0.4) is 0 Å². The van der Waals surface area contributed by atoms with Crippen molar-refractivity contribution >= 4 is 34.0 Å². The molecule has 0 aliphatic carbocycles. The molecular weight excluding hydrogens is 391 g/mol. The first kappa shape index (κ1) is 21.1. The summed E-state index contributed by atoms with van der Waals surface area (Å²) in [4.78, 5) is 26.4. The zero-order chi connectivity index (χ0) is 21.3. The average molecular weight is 415 g/mol. The van der Waals surface area contributed by atoms with Crippen molar-refractivity contribution in [3.63, 3.8) is 0 Å². The predicted octanol–water partition coefficient (Wildman–Crippen LogP) is 5.29. The summed E-state index contributed by atoms with van der Waals surface area (Å²) in [6, 6.07) is 10.3. The molecular formula is C23H24ClFN2O2. The first-order chi connectivity index (χ1) is 13.7. The number of halogens is 2. The van der Waals surface area contributed by atoms with Gasteiger partial charge in [0.05, 0.1) is 16.8 Å². The third-order valence-corrected chi connectivity index (χ3v) is 5.09. The first-order valence-corrected chi connectivity index (χ1v) is 9.88. The lowest BCUT2D eigenvalue weighted by Gasteiger charge is -2.22. The van der Waals surface area contributed by atoms with E-state index in [1.807, 2.05) is 16.7 Å². The number of fused-ring (bicyclic) bond motifs is 1. The predicted molar refractivity (Wildman–Crippen MR) is 117 cm³/mol. The zero-order valence-corrected chi connectivity index (χ0v) is 17.8. The molecule has 6 heteroatoms. The van der Waals surface area contributed by atoms with Crippen LogP contribution in [0.4, 0.5) is 10.1 Å². The Bertz CT molecular complexity index is 1120. The van der Waals surface area contributed by atoms with Gasteiger partial charge in [-0.25, -0.2) is 4.39 Å². The normalized spacial score (nSPS) is 11.3. The van der Waals surface area contributed by atoms with Crippen LogP contribution in [-0.4, -0.2) is 17.4 Å². The van der Waals surface area contributed by atoms with Crippen molar-refractivity contribution < 1.29 is 9.18 Å². The number of carbonyl (C=O) groups excluding carboxylic acids is 1. The van der Waals surface area contributed by atoms with Crippen molar-refractivity contribution in [2.45, 2.75) is 33.9 Å². The van der Waals surface area contributed by atoms with Gasteiger partial charge in [-0.05, 0) is 42.7 Å². The van der Waals surface area contributed by atoms with Crippen molar-refractivity contribution in [3.05, 3.63) is 74.8 Å². The van der Waals surface area contributed by atoms with Gasteiger partial charge in [-0.3, -0.25) is 9.59 Å². The monoisotopic (exact) mass is 414 g/mol. The van der Waals surface area contributed by atoms with E-state index in [1.165, 1.54) is 13.0 Å². The summed E-state index contributed by atoms with van der Waals surface area (Å²) in [6.07, 6.45) is 1.59. The Morgan fingerprint density at radius 2 is 1.86 bits per heavy atom. The molecule has 0 N–H and O–H groups in total. The van der Waals surface area contributed by atoms with Crippen LogP contribution in [0.25, 0.3) is 10.9 Å². The highest BCUT2D eigenvalue weighted by Crippen LogP contribution is 2.26. The Balaban J connectivity index is 2.13. The van der Waals surface area contributed by atoms with Crippen LogP contribution in [-0.2, 0) is 13.1 Å². The third-order valence-electron chi connectivity index (χ3n) is 4.83. The van der Waals surface area contributed by atoms with E-state index < -0.39 is 11.2 Å². The van der Waals surface area contributed by atoms with Crippen LogP contribution >= 0.6 is 11.6 Å². The number of ketones is 1. The van der Waals surface area contributed by atoms with Crippen molar-refractivity contribution in [1.82, 2.24) is 4.57 Å². The third kappa shape index (κ3) is 4.51. The van der Waals surface area contributed by atoms with E-state index in [0.29, 0.717) is 35.2 Å². The fourth-order valence-electron chi connectivity index (χ4n) is 3.44. The van der Waals surface area contributed by atoms with E-state index in [1.54, 1.807) is 36.3 Å². The summed E-state index contributed by atoms with van der Waals surface area (Å²) in [7, 11) is 1.80. The summed E-state index contributed by atoms with van der Waals surface area (Å²) >= 11 is 5.93. The maximum absolute atomic E-state index is 14.9. The molecule has 0 aliphatic heterocycles. The summed E-state index contributed by atoms with van der Waals surface area (Å²) in [5.74, 6) is -0.526. The van der Waals surface area contributed by atoms with Gasteiger partial charge >= 0.3 is 0 Å². The second-order valence-corrected chi connectivity index (χ2v) is 8.21. The minimum absolute atomic E-state index is 0.0832. The van der Waals surface area contributed by atoms with Gasteiger partial charge in [0.2, 0.25) is 0 Å². The molecule has 152 valence electrons. The molecule has 0 aliphatic rings. The van der Waals surface area contributed by atoms with Crippen LogP contribution < -0.4 is 10.3 Å². The van der Waals surface area contributed by atoms with Crippen LogP contribution in [0.2, 0.25) is 5.02 Å². The molecule has 0 atom stereocenters. The minimum atomic E-state index is -0.497. The van der Waals surface area contributed by atoms with E-state index in [9.17, 15) is 14.0 Å². The van der Waals surface area contributed by atoms with Crippen LogP contribution in [0.5, 0.6) is 0 Å².